The van der Waals surface area contributed by atoms with Gasteiger partial charge in [0.2, 0.25) is 0 Å². The third kappa shape index (κ3) is 2.29. The van der Waals surface area contributed by atoms with E-state index in [1.165, 1.54) is 5.56 Å². The molecule has 0 spiro atoms. The summed E-state index contributed by atoms with van der Waals surface area (Å²) in [6.07, 6.45) is 3.93. The maximum absolute atomic E-state index is 11.8. The Labute approximate surface area is 110 Å². The van der Waals surface area contributed by atoms with E-state index in [0.29, 0.717) is 5.78 Å². The number of Topliss-reactive ketones (excluding diaryl/α,β-unsaturated/α-hetero) is 1. The number of thioether (sulfide) groups is 1. The monoisotopic (exact) mass is 260 g/mol. The number of carbonyl (C=O) groups excluding carboxylic acids is 1. The first kappa shape index (κ1) is 11.8. The van der Waals surface area contributed by atoms with E-state index in [-0.39, 0.29) is 5.25 Å². The summed E-state index contributed by atoms with van der Waals surface area (Å²) in [5.74, 6) is 0.378. The number of ketones is 1. The van der Waals surface area contributed by atoms with Gasteiger partial charge in [-0.2, -0.15) is 0 Å². The smallest absolute Gasteiger partial charge is 0.167 e. The summed E-state index contributed by atoms with van der Waals surface area (Å²) in [5, 5.41) is 0.969. The third-order valence-electron chi connectivity index (χ3n) is 3.37. The highest BCUT2D eigenvalue weighted by Crippen LogP contribution is 2.31. The number of nitrogens with zero attached hydrogens (tertiary/aromatic N) is 1. The highest BCUT2D eigenvalue weighted by Gasteiger charge is 2.24. The van der Waals surface area contributed by atoms with E-state index in [9.17, 15) is 4.79 Å². The fraction of sp³-hybridized carbons (Fsp3) is 0.429. The van der Waals surface area contributed by atoms with Crippen LogP contribution >= 0.6 is 11.8 Å². The average Bonchev–Trinajstić information content (AvgIpc) is 2.73. The average molecular weight is 260 g/mol. The highest BCUT2D eigenvalue weighted by atomic mass is 32.2. The van der Waals surface area contributed by atoms with Gasteiger partial charge in [-0.3, -0.25) is 4.79 Å². The molecule has 1 aromatic heterocycles. The zero-order valence-electron chi connectivity index (χ0n) is 10.4. The van der Waals surface area contributed by atoms with E-state index in [4.69, 9.17) is 0 Å². The number of fused-ring (bicyclic) bond motifs is 1. The van der Waals surface area contributed by atoms with E-state index in [2.05, 4.69) is 29.0 Å². The number of H-pyrrole nitrogens is 1. The summed E-state index contributed by atoms with van der Waals surface area (Å²) in [4.78, 5) is 19.6. The summed E-state index contributed by atoms with van der Waals surface area (Å²) in [6.45, 7) is 2.07. The van der Waals surface area contributed by atoms with Crippen LogP contribution in [0, 0.1) is 6.92 Å². The Kier molecular flexibility index (Phi) is 3.12. The third-order valence-corrected chi connectivity index (χ3v) is 4.57. The van der Waals surface area contributed by atoms with E-state index >= 15 is 0 Å². The van der Waals surface area contributed by atoms with E-state index in [1.807, 2.05) is 6.07 Å². The van der Waals surface area contributed by atoms with Crippen molar-refractivity contribution in [2.75, 3.05) is 0 Å². The summed E-state index contributed by atoms with van der Waals surface area (Å²) < 4.78 is 0. The zero-order valence-corrected chi connectivity index (χ0v) is 11.2. The highest BCUT2D eigenvalue weighted by molar-refractivity contribution is 8.00. The van der Waals surface area contributed by atoms with Crippen LogP contribution in [0.15, 0.2) is 23.4 Å². The molecule has 4 heteroatoms. The van der Waals surface area contributed by atoms with Crippen LogP contribution in [-0.2, 0) is 4.79 Å². The summed E-state index contributed by atoms with van der Waals surface area (Å²) in [5.41, 5.74) is 3.25. The Morgan fingerprint density at radius 1 is 1.39 bits per heavy atom. The molecular formula is C14H16N2OS. The molecule has 3 nitrogen and oxygen atoms in total. The minimum atomic E-state index is 0.0976. The number of nitrogens with one attached hydrogen (secondary N) is 1. The minimum absolute atomic E-state index is 0.0976. The second kappa shape index (κ2) is 4.76. The standard InChI is InChI=1S/C14H16N2OS/c1-9-6-7-10-11(8-9)16-14(15-10)18-13-5-3-2-4-12(13)17/h6-8,13H,2-5H2,1H3,(H,15,16). The first-order chi connectivity index (χ1) is 8.72. The molecule has 1 unspecified atom stereocenters. The first-order valence-electron chi connectivity index (χ1n) is 6.38. The number of aromatic nitrogens is 2. The molecule has 94 valence electrons. The SMILES string of the molecule is Cc1ccc2nc(SC3CCCCC3=O)[nH]c2c1. The summed E-state index contributed by atoms with van der Waals surface area (Å²) in [7, 11) is 0. The van der Waals surface area contributed by atoms with Gasteiger partial charge in [0, 0.05) is 6.42 Å². The lowest BCUT2D eigenvalue weighted by Gasteiger charge is -2.18. The molecule has 1 atom stereocenters. The van der Waals surface area contributed by atoms with Crippen LogP contribution < -0.4 is 0 Å². The summed E-state index contributed by atoms with van der Waals surface area (Å²) in [6, 6.07) is 6.17. The quantitative estimate of drug-likeness (QED) is 0.899. The Bertz CT molecular complexity index is 590. The Morgan fingerprint density at radius 3 is 3.11 bits per heavy atom. The van der Waals surface area contributed by atoms with Crippen molar-refractivity contribution in [3.05, 3.63) is 23.8 Å². The van der Waals surface area contributed by atoms with Gasteiger partial charge in [0.05, 0.1) is 16.3 Å². The number of aryl methyl sites for hydroxylation is 1. The predicted molar refractivity (Wildman–Crippen MR) is 74.0 cm³/mol. The molecular weight excluding hydrogens is 244 g/mol. The molecule has 1 aromatic carbocycles. The number of hydrogen-bond acceptors (Lipinski definition) is 3. The predicted octanol–water partition coefficient (Wildman–Crippen LogP) is 3.48. The van der Waals surface area contributed by atoms with Gasteiger partial charge >= 0.3 is 0 Å². The maximum atomic E-state index is 11.8. The van der Waals surface area contributed by atoms with Gasteiger partial charge in [-0.05, 0) is 37.5 Å². The molecule has 2 aromatic rings. The van der Waals surface area contributed by atoms with Crippen LogP contribution in [0.5, 0.6) is 0 Å². The second-order valence-corrected chi connectivity index (χ2v) is 6.07. The number of aromatic amines is 1. The van der Waals surface area contributed by atoms with Crippen LogP contribution in [0.3, 0.4) is 0 Å². The van der Waals surface area contributed by atoms with Gasteiger partial charge in [-0.1, -0.05) is 24.2 Å². The lowest BCUT2D eigenvalue weighted by molar-refractivity contribution is -0.119. The normalized spacial score (nSPS) is 20.5. The van der Waals surface area contributed by atoms with Gasteiger partial charge < -0.3 is 4.98 Å². The van der Waals surface area contributed by atoms with Crippen molar-refractivity contribution in [1.29, 1.82) is 0 Å². The summed E-state index contributed by atoms with van der Waals surface area (Å²) >= 11 is 1.59. The lowest BCUT2D eigenvalue weighted by Crippen LogP contribution is -2.21. The van der Waals surface area contributed by atoms with Gasteiger partial charge in [0.1, 0.15) is 5.78 Å². The molecule has 1 aliphatic carbocycles. The van der Waals surface area contributed by atoms with Crippen molar-refractivity contribution < 1.29 is 4.79 Å². The molecule has 0 radical (unpaired) electrons. The zero-order chi connectivity index (χ0) is 12.5. The minimum Gasteiger partial charge on any atom is -0.333 e. The van der Waals surface area contributed by atoms with Crippen molar-refractivity contribution in [3.8, 4) is 0 Å². The molecule has 0 saturated heterocycles. The molecule has 3 rings (SSSR count). The second-order valence-electron chi connectivity index (χ2n) is 4.88. The lowest BCUT2D eigenvalue weighted by atomic mass is 9.99. The van der Waals surface area contributed by atoms with Crippen molar-refractivity contribution in [2.45, 2.75) is 43.0 Å². The molecule has 1 fully saturated rings. The van der Waals surface area contributed by atoms with Gasteiger partial charge in [0.25, 0.3) is 0 Å². The van der Waals surface area contributed by atoms with E-state index < -0.39 is 0 Å². The first-order valence-corrected chi connectivity index (χ1v) is 7.26. The molecule has 0 amide bonds. The number of carbonyl (C=O) groups is 1. The molecule has 1 aliphatic rings. The molecule has 1 N–H and O–H groups in total. The van der Waals surface area contributed by atoms with Crippen LogP contribution in [-0.4, -0.2) is 21.0 Å². The van der Waals surface area contributed by atoms with Crippen molar-refractivity contribution in [3.63, 3.8) is 0 Å². The van der Waals surface area contributed by atoms with Crippen molar-refractivity contribution in [2.24, 2.45) is 0 Å². The molecule has 0 bridgehead atoms. The largest absolute Gasteiger partial charge is 0.333 e. The molecule has 1 saturated carbocycles. The van der Waals surface area contributed by atoms with Gasteiger partial charge in [-0.25, -0.2) is 4.98 Å². The van der Waals surface area contributed by atoms with Gasteiger partial charge in [0.15, 0.2) is 5.16 Å². The molecule has 1 heterocycles. The fourth-order valence-corrected chi connectivity index (χ4v) is 3.49. The van der Waals surface area contributed by atoms with Gasteiger partial charge in [-0.15, -0.1) is 0 Å². The van der Waals surface area contributed by atoms with Crippen LogP contribution in [0.1, 0.15) is 31.2 Å². The Morgan fingerprint density at radius 2 is 2.28 bits per heavy atom. The Hall–Kier alpha value is -1.29. The number of rotatable bonds is 2. The van der Waals surface area contributed by atoms with Crippen LogP contribution in [0.2, 0.25) is 0 Å². The van der Waals surface area contributed by atoms with Crippen molar-refractivity contribution in [1.82, 2.24) is 9.97 Å². The van der Waals surface area contributed by atoms with E-state index in [1.54, 1.807) is 11.8 Å². The van der Waals surface area contributed by atoms with Crippen LogP contribution in [0.25, 0.3) is 11.0 Å². The van der Waals surface area contributed by atoms with Crippen LogP contribution in [0.4, 0.5) is 0 Å². The number of benzene rings is 1. The number of hydrogen-bond donors (Lipinski definition) is 1. The number of imidazole rings is 1. The topological polar surface area (TPSA) is 45.8 Å². The van der Waals surface area contributed by atoms with Crippen molar-refractivity contribution >= 4 is 28.6 Å². The molecule has 0 aliphatic heterocycles. The Balaban J connectivity index is 1.84. The molecule has 18 heavy (non-hydrogen) atoms. The fourth-order valence-electron chi connectivity index (χ4n) is 2.37. The maximum Gasteiger partial charge on any atom is 0.167 e. The van der Waals surface area contributed by atoms with E-state index in [0.717, 1.165) is 41.9 Å².